The van der Waals surface area contributed by atoms with E-state index in [1.165, 1.54) is 0 Å². The van der Waals surface area contributed by atoms with Gasteiger partial charge in [0.05, 0.1) is 0 Å². The lowest BCUT2D eigenvalue weighted by atomic mass is 9.84. The van der Waals surface area contributed by atoms with Gasteiger partial charge in [0.15, 0.2) is 5.84 Å². The number of oxime groups is 1. The monoisotopic (exact) mass is 257 g/mol. The van der Waals surface area contributed by atoms with Crippen LogP contribution in [0.15, 0.2) is 5.16 Å². The molecule has 0 aliphatic carbocycles. The van der Waals surface area contributed by atoms with E-state index in [4.69, 9.17) is 10.9 Å². The van der Waals surface area contributed by atoms with Crippen LogP contribution >= 0.6 is 0 Å². The maximum atomic E-state index is 12.0. The van der Waals surface area contributed by atoms with Crippen LogP contribution in [0.5, 0.6) is 0 Å². The van der Waals surface area contributed by atoms with Gasteiger partial charge in [-0.25, -0.2) is 0 Å². The molecule has 0 aromatic carbocycles. The second-order valence-corrected chi connectivity index (χ2v) is 5.97. The van der Waals surface area contributed by atoms with Gasteiger partial charge in [0.2, 0.25) is 5.91 Å². The standard InChI is InChI=1S/C13H27N3O2/c1-8(2)10(9(3)4)7-15-12(17)13(5,6)11(14)16-18/h8-10,18H,7H2,1-6H3,(H2,14,16)(H,15,17). The molecule has 0 bridgehead atoms. The number of nitrogens with one attached hydrogen (secondary N) is 1. The number of carbonyl (C=O) groups excluding carboxylic acids is 1. The molecule has 0 aromatic heterocycles. The van der Waals surface area contributed by atoms with Crippen LogP contribution < -0.4 is 11.1 Å². The number of rotatable bonds is 6. The van der Waals surface area contributed by atoms with Crippen molar-refractivity contribution in [1.29, 1.82) is 0 Å². The predicted molar refractivity (Wildman–Crippen MR) is 73.4 cm³/mol. The van der Waals surface area contributed by atoms with Crippen molar-refractivity contribution in [3.63, 3.8) is 0 Å². The Hall–Kier alpha value is -1.26. The zero-order chi connectivity index (χ0) is 14.5. The number of amides is 1. The minimum Gasteiger partial charge on any atom is -0.409 e. The van der Waals surface area contributed by atoms with E-state index in [2.05, 4.69) is 38.2 Å². The van der Waals surface area contributed by atoms with E-state index in [9.17, 15) is 4.79 Å². The van der Waals surface area contributed by atoms with Crippen LogP contribution in [0, 0.1) is 23.2 Å². The molecule has 0 rings (SSSR count). The molecule has 4 N–H and O–H groups in total. The van der Waals surface area contributed by atoms with Gasteiger partial charge in [-0.05, 0) is 31.6 Å². The predicted octanol–water partition coefficient (Wildman–Crippen LogP) is 1.80. The van der Waals surface area contributed by atoms with E-state index >= 15 is 0 Å². The largest absolute Gasteiger partial charge is 0.409 e. The summed E-state index contributed by atoms with van der Waals surface area (Å²) in [5.74, 6) is 1.11. The first-order valence-corrected chi connectivity index (χ1v) is 6.40. The van der Waals surface area contributed by atoms with E-state index in [-0.39, 0.29) is 11.7 Å². The highest BCUT2D eigenvalue weighted by Crippen LogP contribution is 2.21. The molecule has 0 atom stereocenters. The van der Waals surface area contributed by atoms with E-state index in [1.807, 2.05) is 0 Å². The molecule has 0 saturated heterocycles. The second-order valence-electron chi connectivity index (χ2n) is 5.97. The number of hydrogen-bond donors (Lipinski definition) is 3. The minimum absolute atomic E-state index is 0.0781. The zero-order valence-corrected chi connectivity index (χ0v) is 12.3. The van der Waals surface area contributed by atoms with Crippen molar-refractivity contribution in [2.45, 2.75) is 41.5 Å². The third kappa shape index (κ3) is 4.20. The summed E-state index contributed by atoms with van der Waals surface area (Å²) in [6, 6.07) is 0. The molecule has 5 heteroatoms. The van der Waals surface area contributed by atoms with Crippen molar-refractivity contribution >= 4 is 11.7 Å². The van der Waals surface area contributed by atoms with Gasteiger partial charge in [0.25, 0.3) is 0 Å². The van der Waals surface area contributed by atoms with Crippen LogP contribution in [0.4, 0.5) is 0 Å². The Bertz CT molecular complexity index is 301. The molecule has 18 heavy (non-hydrogen) atoms. The number of amidine groups is 1. The van der Waals surface area contributed by atoms with Gasteiger partial charge in [0, 0.05) is 6.54 Å². The van der Waals surface area contributed by atoms with Crippen molar-refractivity contribution in [3.05, 3.63) is 0 Å². The summed E-state index contributed by atoms with van der Waals surface area (Å²) in [5, 5.41) is 14.5. The molecular formula is C13H27N3O2. The topological polar surface area (TPSA) is 87.7 Å². The van der Waals surface area contributed by atoms with Crippen LogP contribution in [0.3, 0.4) is 0 Å². The summed E-state index contributed by atoms with van der Waals surface area (Å²) < 4.78 is 0. The average molecular weight is 257 g/mol. The summed E-state index contributed by atoms with van der Waals surface area (Å²) >= 11 is 0. The molecule has 0 saturated carbocycles. The lowest BCUT2D eigenvalue weighted by Gasteiger charge is -2.28. The molecule has 0 fully saturated rings. The molecule has 5 nitrogen and oxygen atoms in total. The minimum atomic E-state index is -0.993. The number of nitrogens with zero attached hydrogens (tertiary/aromatic N) is 1. The Balaban J connectivity index is 4.59. The van der Waals surface area contributed by atoms with Crippen molar-refractivity contribution in [2.75, 3.05) is 6.54 Å². The normalized spacial score (nSPS) is 13.5. The Morgan fingerprint density at radius 2 is 1.72 bits per heavy atom. The van der Waals surface area contributed by atoms with Gasteiger partial charge in [0.1, 0.15) is 5.41 Å². The summed E-state index contributed by atoms with van der Waals surface area (Å²) in [6.07, 6.45) is 0. The van der Waals surface area contributed by atoms with Gasteiger partial charge in [-0.1, -0.05) is 32.9 Å². The molecule has 0 heterocycles. The van der Waals surface area contributed by atoms with E-state index in [0.29, 0.717) is 24.3 Å². The number of nitrogens with two attached hydrogens (primary N) is 1. The maximum absolute atomic E-state index is 12.0. The summed E-state index contributed by atoms with van der Waals surface area (Å²) in [7, 11) is 0. The Kier molecular flexibility index (Phi) is 6.15. The van der Waals surface area contributed by atoms with Crippen LogP contribution in [0.1, 0.15) is 41.5 Å². The SMILES string of the molecule is CC(C)C(CNC(=O)C(C)(C)C(N)=NO)C(C)C. The van der Waals surface area contributed by atoms with Crippen molar-refractivity contribution in [1.82, 2.24) is 5.32 Å². The van der Waals surface area contributed by atoms with Gasteiger partial charge < -0.3 is 16.3 Å². The Morgan fingerprint density at radius 3 is 2.06 bits per heavy atom. The highest BCUT2D eigenvalue weighted by atomic mass is 16.4. The first kappa shape index (κ1) is 16.7. The second kappa shape index (κ2) is 6.61. The van der Waals surface area contributed by atoms with Gasteiger partial charge in [-0.15, -0.1) is 0 Å². The van der Waals surface area contributed by atoms with Crippen molar-refractivity contribution in [2.24, 2.45) is 34.1 Å². The fourth-order valence-electron chi connectivity index (χ4n) is 1.91. The molecular weight excluding hydrogens is 230 g/mol. The number of hydrogen-bond acceptors (Lipinski definition) is 3. The highest BCUT2D eigenvalue weighted by Gasteiger charge is 2.33. The highest BCUT2D eigenvalue weighted by molar-refractivity contribution is 6.05. The maximum Gasteiger partial charge on any atom is 0.233 e. The van der Waals surface area contributed by atoms with Crippen molar-refractivity contribution < 1.29 is 10.0 Å². The smallest absolute Gasteiger partial charge is 0.233 e. The quantitative estimate of drug-likeness (QED) is 0.293. The van der Waals surface area contributed by atoms with E-state index < -0.39 is 5.41 Å². The Morgan fingerprint density at radius 1 is 1.28 bits per heavy atom. The molecule has 0 aliphatic heterocycles. The molecule has 0 unspecified atom stereocenters. The molecule has 0 radical (unpaired) electrons. The molecule has 106 valence electrons. The van der Waals surface area contributed by atoms with E-state index in [0.717, 1.165) is 0 Å². The van der Waals surface area contributed by atoms with Gasteiger partial charge >= 0.3 is 0 Å². The van der Waals surface area contributed by atoms with Gasteiger partial charge in [-0.2, -0.15) is 0 Å². The lowest BCUT2D eigenvalue weighted by Crippen LogP contribution is -2.47. The van der Waals surface area contributed by atoms with Crippen LogP contribution in [-0.2, 0) is 4.79 Å². The fraction of sp³-hybridized carbons (Fsp3) is 0.846. The summed E-state index contributed by atoms with van der Waals surface area (Å²) in [4.78, 5) is 12.0. The van der Waals surface area contributed by atoms with Crippen LogP contribution in [0.25, 0.3) is 0 Å². The van der Waals surface area contributed by atoms with Crippen molar-refractivity contribution in [3.8, 4) is 0 Å². The van der Waals surface area contributed by atoms with Crippen LogP contribution in [0.2, 0.25) is 0 Å². The zero-order valence-electron chi connectivity index (χ0n) is 12.3. The molecule has 0 aliphatic rings. The van der Waals surface area contributed by atoms with Gasteiger partial charge in [-0.3, -0.25) is 4.79 Å². The Labute approximate surface area is 110 Å². The third-order valence-corrected chi connectivity index (χ3v) is 3.53. The van der Waals surface area contributed by atoms with Crippen LogP contribution in [-0.4, -0.2) is 23.5 Å². The lowest BCUT2D eigenvalue weighted by molar-refractivity contribution is -0.126. The number of carbonyl (C=O) groups is 1. The molecule has 0 spiro atoms. The third-order valence-electron chi connectivity index (χ3n) is 3.53. The van der Waals surface area contributed by atoms with E-state index in [1.54, 1.807) is 13.8 Å². The molecule has 0 aromatic rings. The average Bonchev–Trinajstić information content (AvgIpc) is 2.26. The first-order valence-electron chi connectivity index (χ1n) is 6.40. The summed E-state index contributed by atoms with van der Waals surface area (Å²) in [5.41, 5.74) is 4.52. The molecule has 1 amide bonds. The first-order chi connectivity index (χ1) is 8.14. The summed E-state index contributed by atoms with van der Waals surface area (Å²) in [6.45, 7) is 12.5. The fourth-order valence-corrected chi connectivity index (χ4v) is 1.91.